The summed E-state index contributed by atoms with van der Waals surface area (Å²) in [5, 5.41) is 5.05. The molecule has 1 aromatic carbocycles. The molecule has 0 amide bonds. The fourth-order valence-electron chi connectivity index (χ4n) is 2.58. The molecular weight excluding hydrogens is 266 g/mol. The van der Waals surface area contributed by atoms with Crippen molar-refractivity contribution in [2.75, 3.05) is 7.05 Å². The minimum atomic E-state index is 0.546. The average Bonchev–Trinajstić information content (AvgIpc) is 2.84. The summed E-state index contributed by atoms with van der Waals surface area (Å²) < 4.78 is 0. The van der Waals surface area contributed by atoms with E-state index in [0.717, 1.165) is 22.6 Å². The van der Waals surface area contributed by atoms with Crippen LogP contribution in [0, 0.1) is 6.92 Å². The third-order valence-electron chi connectivity index (χ3n) is 3.70. The maximum absolute atomic E-state index is 4.70. The van der Waals surface area contributed by atoms with Gasteiger partial charge in [0.25, 0.3) is 0 Å². The van der Waals surface area contributed by atoms with Gasteiger partial charge in [-0.05, 0) is 44.5 Å². The lowest BCUT2D eigenvalue weighted by atomic mass is 10.1. The monoisotopic (exact) mass is 291 g/mol. The first-order valence-electron chi connectivity index (χ1n) is 7.48. The smallest absolute Gasteiger partial charge is 0.166 e. The SMILES string of the molecule is CCCC(NC)C(CC)Sc1nc2ccc(C)cc2[nH]1. The number of H-pyrrole nitrogens is 1. The minimum absolute atomic E-state index is 0.546. The van der Waals surface area contributed by atoms with Gasteiger partial charge < -0.3 is 10.3 Å². The Balaban J connectivity index is 2.16. The number of rotatable bonds is 7. The normalized spacial score (nSPS) is 14.6. The highest BCUT2D eigenvalue weighted by Gasteiger charge is 2.20. The predicted molar refractivity (Wildman–Crippen MR) is 88.5 cm³/mol. The minimum Gasteiger partial charge on any atom is -0.333 e. The summed E-state index contributed by atoms with van der Waals surface area (Å²) in [6.45, 7) is 6.61. The van der Waals surface area contributed by atoms with Crippen LogP contribution in [-0.4, -0.2) is 28.3 Å². The van der Waals surface area contributed by atoms with E-state index in [1.54, 1.807) is 0 Å². The molecule has 20 heavy (non-hydrogen) atoms. The predicted octanol–water partition coefficient (Wildman–Crippen LogP) is 4.13. The summed E-state index contributed by atoms with van der Waals surface area (Å²) >= 11 is 1.86. The van der Waals surface area contributed by atoms with Crippen LogP contribution in [0.2, 0.25) is 0 Å². The van der Waals surface area contributed by atoms with Gasteiger partial charge in [-0.3, -0.25) is 0 Å². The number of nitrogens with zero attached hydrogens (tertiary/aromatic N) is 1. The molecule has 0 bridgehead atoms. The first-order valence-corrected chi connectivity index (χ1v) is 8.36. The molecule has 2 atom stereocenters. The van der Waals surface area contributed by atoms with Crippen molar-refractivity contribution < 1.29 is 0 Å². The average molecular weight is 291 g/mol. The number of imidazole rings is 1. The fraction of sp³-hybridized carbons (Fsp3) is 0.562. The number of thioether (sulfide) groups is 1. The Labute approximate surface area is 125 Å². The van der Waals surface area contributed by atoms with Crippen molar-refractivity contribution in [3.8, 4) is 0 Å². The molecule has 2 rings (SSSR count). The molecule has 0 aliphatic heterocycles. The maximum atomic E-state index is 4.70. The Morgan fingerprint density at radius 3 is 2.80 bits per heavy atom. The number of nitrogens with one attached hydrogen (secondary N) is 2. The molecule has 2 aromatic rings. The molecule has 2 unspecified atom stereocenters. The second-order valence-electron chi connectivity index (χ2n) is 5.31. The summed E-state index contributed by atoms with van der Waals surface area (Å²) in [5.41, 5.74) is 3.46. The molecule has 1 aromatic heterocycles. The van der Waals surface area contributed by atoms with Crippen LogP contribution in [0.25, 0.3) is 11.0 Å². The van der Waals surface area contributed by atoms with Crippen LogP contribution in [-0.2, 0) is 0 Å². The molecule has 3 nitrogen and oxygen atoms in total. The van der Waals surface area contributed by atoms with E-state index in [2.05, 4.69) is 56.3 Å². The topological polar surface area (TPSA) is 40.7 Å². The van der Waals surface area contributed by atoms with Gasteiger partial charge in [0, 0.05) is 11.3 Å². The molecule has 0 radical (unpaired) electrons. The van der Waals surface area contributed by atoms with Gasteiger partial charge in [0.1, 0.15) is 0 Å². The molecule has 2 N–H and O–H groups in total. The van der Waals surface area contributed by atoms with Gasteiger partial charge >= 0.3 is 0 Å². The van der Waals surface area contributed by atoms with Crippen LogP contribution < -0.4 is 5.32 Å². The molecule has 4 heteroatoms. The van der Waals surface area contributed by atoms with Gasteiger partial charge in [0.05, 0.1) is 11.0 Å². The number of aromatic amines is 1. The van der Waals surface area contributed by atoms with Crippen molar-refractivity contribution in [3.05, 3.63) is 23.8 Å². The van der Waals surface area contributed by atoms with Crippen LogP contribution in [0.4, 0.5) is 0 Å². The van der Waals surface area contributed by atoms with Gasteiger partial charge in [0.2, 0.25) is 0 Å². The molecule has 0 spiro atoms. The quantitative estimate of drug-likeness (QED) is 0.754. The zero-order valence-electron chi connectivity index (χ0n) is 12.9. The van der Waals surface area contributed by atoms with Crippen molar-refractivity contribution in [2.24, 2.45) is 0 Å². The second kappa shape index (κ2) is 7.14. The van der Waals surface area contributed by atoms with Crippen molar-refractivity contribution in [3.63, 3.8) is 0 Å². The number of fused-ring (bicyclic) bond motifs is 1. The van der Waals surface area contributed by atoms with Crippen molar-refractivity contribution >= 4 is 22.8 Å². The summed E-state index contributed by atoms with van der Waals surface area (Å²) in [4.78, 5) is 8.14. The molecule has 0 saturated heterocycles. The van der Waals surface area contributed by atoms with Gasteiger partial charge in [-0.1, -0.05) is 38.1 Å². The number of hydrogen-bond donors (Lipinski definition) is 2. The van der Waals surface area contributed by atoms with Gasteiger partial charge in [-0.2, -0.15) is 0 Å². The van der Waals surface area contributed by atoms with Gasteiger partial charge in [-0.25, -0.2) is 4.98 Å². The summed E-state index contributed by atoms with van der Waals surface area (Å²) in [6, 6.07) is 6.91. The van der Waals surface area contributed by atoms with E-state index in [4.69, 9.17) is 4.98 Å². The van der Waals surface area contributed by atoms with Crippen LogP contribution in [0.3, 0.4) is 0 Å². The van der Waals surface area contributed by atoms with E-state index in [-0.39, 0.29) is 0 Å². The highest BCUT2D eigenvalue weighted by molar-refractivity contribution is 7.99. The Bertz CT molecular complexity index is 550. The Morgan fingerprint density at radius 1 is 1.35 bits per heavy atom. The van der Waals surface area contributed by atoms with E-state index in [1.165, 1.54) is 18.4 Å². The van der Waals surface area contributed by atoms with Crippen LogP contribution in [0.5, 0.6) is 0 Å². The Kier molecular flexibility index (Phi) is 5.49. The van der Waals surface area contributed by atoms with Crippen LogP contribution >= 0.6 is 11.8 Å². The van der Waals surface area contributed by atoms with Crippen molar-refractivity contribution in [1.29, 1.82) is 0 Å². The lowest BCUT2D eigenvalue weighted by Gasteiger charge is -2.24. The van der Waals surface area contributed by atoms with E-state index < -0.39 is 0 Å². The third kappa shape index (κ3) is 3.55. The molecule has 0 aliphatic carbocycles. The molecule has 0 saturated carbocycles. The molecule has 110 valence electrons. The molecule has 0 fully saturated rings. The van der Waals surface area contributed by atoms with Gasteiger partial charge in [0.15, 0.2) is 5.16 Å². The standard InChI is InChI=1S/C16H25N3S/c1-5-7-13(17-4)15(6-2)20-16-18-12-9-8-11(3)10-14(12)19-16/h8-10,13,15,17H,5-7H2,1-4H3,(H,18,19). The van der Waals surface area contributed by atoms with Crippen LogP contribution in [0.1, 0.15) is 38.7 Å². The van der Waals surface area contributed by atoms with Gasteiger partial charge in [-0.15, -0.1) is 0 Å². The largest absolute Gasteiger partial charge is 0.333 e. The lowest BCUT2D eigenvalue weighted by Crippen LogP contribution is -2.35. The van der Waals surface area contributed by atoms with Crippen molar-refractivity contribution in [1.82, 2.24) is 15.3 Å². The van der Waals surface area contributed by atoms with E-state index >= 15 is 0 Å². The van der Waals surface area contributed by atoms with E-state index in [0.29, 0.717) is 11.3 Å². The summed E-state index contributed by atoms with van der Waals surface area (Å²) in [7, 11) is 2.06. The number of aromatic nitrogens is 2. The van der Waals surface area contributed by atoms with E-state index in [1.807, 2.05) is 11.8 Å². The number of benzene rings is 1. The zero-order chi connectivity index (χ0) is 14.5. The summed E-state index contributed by atoms with van der Waals surface area (Å²) in [5.74, 6) is 0. The molecule has 0 aliphatic rings. The number of aryl methyl sites for hydroxylation is 1. The summed E-state index contributed by atoms with van der Waals surface area (Å²) in [6.07, 6.45) is 3.56. The highest BCUT2D eigenvalue weighted by atomic mass is 32.2. The lowest BCUT2D eigenvalue weighted by molar-refractivity contribution is 0.489. The maximum Gasteiger partial charge on any atom is 0.166 e. The first kappa shape index (κ1) is 15.4. The highest BCUT2D eigenvalue weighted by Crippen LogP contribution is 2.28. The first-order chi connectivity index (χ1) is 9.67. The third-order valence-corrected chi connectivity index (χ3v) is 5.08. The second-order valence-corrected chi connectivity index (χ2v) is 6.54. The van der Waals surface area contributed by atoms with Crippen molar-refractivity contribution in [2.45, 2.75) is 56.5 Å². The fourth-order valence-corrected chi connectivity index (χ4v) is 3.79. The zero-order valence-corrected chi connectivity index (χ0v) is 13.7. The van der Waals surface area contributed by atoms with E-state index in [9.17, 15) is 0 Å². The molecular formula is C16H25N3S. The molecule has 1 heterocycles. The number of hydrogen-bond acceptors (Lipinski definition) is 3. The Morgan fingerprint density at radius 2 is 2.15 bits per heavy atom. The van der Waals surface area contributed by atoms with Crippen LogP contribution in [0.15, 0.2) is 23.4 Å². The Hall–Kier alpha value is -1.00.